The molecule has 1 amide bonds. The largest absolute Gasteiger partial charge is 0.433 e. The van der Waals surface area contributed by atoms with E-state index >= 15 is 0 Å². The molecule has 24 heavy (non-hydrogen) atoms. The third-order valence-corrected chi connectivity index (χ3v) is 3.99. The van der Waals surface area contributed by atoms with Crippen LogP contribution in [0, 0.1) is 0 Å². The van der Waals surface area contributed by atoms with Crippen molar-refractivity contribution in [2.75, 3.05) is 6.54 Å². The summed E-state index contributed by atoms with van der Waals surface area (Å²) >= 11 is 0. The first-order valence-corrected chi connectivity index (χ1v) is 7.58. The van der Waals surface area contributed by atoms with E-state index in [-0.39, 0.29) is 24.1 Å². The lowest BCUT2D eigenvalue weighted by Gasteiger charge is -2.24. The van der Waals surface area contributed by atoms with Crippen molar-refractivity contribution in [1.82, 2.24) is 24.6 Å². The summed E-state index contributed by atoms with van der Waals surface area (Å²) < 4.78 is 39.8. The maximum atomic E-state index is 12.7. The van der Waals surface area contributed by atoms with Crippen LogP contribution < -0.4 is 0 Å². The minimum absolute atomic E-state index is 0.0231. The highest BCUT2D eigenvalue weighted by molar-refractivity contribution is 5.79. The molecule has 3 heterocycles. The van der Waals surface area contributed by atoms with Gasteiger partial charge >= 0.3 is 6.18 Å². The third kappa shape index (κ3) is 3.72. The molecule has 1 saturated heterocycles. The monoisotopic (exact) mass is 339 g/mol. The van der Waals surface area contributed by atoms with Crippen LogP contribution in [0.25, 0.3) is 0 Å². The summed E-state index contributed by atoms with van der Waals surface area (Å²) in [5.41, 5.74) is -0.852. The molecule has 0 aromatic carbocycles. The number of carbonyl (C=O) groups excluding carboxylic acids is 1. The number of halogens is 3. The number of hydrogen-bond acceptors (Lipinski definition) is 4. The topological polar surface area (TPSA) is 63.9 Å². The second-order valence-electron chi connectivity index (χ2n) is 5.69. The highest BCUT2D eigenvalue weighted by Crippen LogP contribution is 2.27. The fourth-order valence-corrected chi connectivity index (χ4v) is 2.89. The molecule has 2 aromatic rings. The van der Waals surface area contributed by atoms with E-state index in [4.69, 9.17) is 0 Å². The second-order valence-corrected chi connectivity index (χ2v) is 5.69. The molecule has 3 rings (SSSR count). The average Bonchev–Trinajstić information content (AvgIpc) is 3.19. The van der Waals surface area contributed by atoms with Crippen LogP contribution in [0.3, 0.4) is 0 Å². The molecule has 1 atom stereocenters. The Morgan fingerprint density at radius 1 is 1.33 bits per heavy atom. The first-order chi connectivity index (χ1) is 11.4. The van der Waals surface area contributed by atoms with Gasteiger partial charge in [0.1, 0.15) is 18.3 Å². The van der Waals surface area contributed by atoms with Gasteiger partial charge in [0.05, 0.1) is 24.7 Å². The number of nitrogens with zero attached hydrogens (tertiary/aromatic N) is 5. The highest BCUT2D eigenvalue weighted by Gasteiger charge is 2.33. The molecule has 1 fully saturated rings. The van der Waals surface area contributed by atoms with Crippen LogP contribution in [0.2, 0.25) is 0 Å². The lowest BCUT2D eigenvalue weighted by Crippen LogP contribution is -2.39. The highest BCUT2D eigenvalue weighted by atomic mass is 19.4. The number of hydrogen-bond donors (Lipinski definition) is 0. The Kier molecular flexibility index (Phi) is 4.50. The minimum Gasteiger partial charge on any atom is -0.338 e. The summed E-state index contributed by atoms with van der Waals surface area (Å²) in [6.07, 6.45) is 0.0475. The van der Waals surface area contributed by atoms with Gasteiger partial charge in [0.2, 0.25) is 5.91 Å². The van der Waals surface area contributed by atoms with E-state index < -0.39 is 11.9 Å². The van der Waals surface area contributed by atoms with Gasteiger partial charge in [0.25, 0.3) is 0 Å². The average molecular weight is 339 g/mol. The molecule has 0 aliphatic carbocycles. The number of pyridine rings is 1. The Balaban J connectivity index is 1.68. The predicted octanol–water partition coefficient (Wildman–Crippen LogP) is 1.93. The molecule has 0 spiro atoms. The van der Waals surface area contributed by atoms with E-state index in [1.54, 1.807) is 15.9 Å². The van der Waals surface area contributed by atoms with Gasteiger partial charge in [-0.15, -0.1) is 0 Å². The molecule has 1 aliphatic rings. The van der Waals surface area contributed by atoms with Crippen LogP contribution in [-0.4, -0.2) is 43.1 Å². The number of alkyl halides is 3. The smallest absolute Gasteiger partial charge is 0.338 e. The summed E-state index contributed by atoms with van der Waals surface area (Å²) in [4.78, 5) is 21.6. The van der Waals surface area contributed by atoms with E-state index in [0.717, 1.165) is 18.9 Å². The third-order valence-electron chi connectivity index (χ3n) is 3.99. The summed E-state index contributed by atoms with van der Waals surface area (Å²) in [6.45, 7) is 1.12. The number of carbonyl (C=O) groups is 1. The number of aromatic nitrogens is 4. The zero-order valence-corrected chi connectivity index (χ0v) is 12.8. The van der Waals surface area contributed by atoms with Crippen molar-refractivity contribution < 1.29 is 18.0 Å². The molecular formula is C15H16F3N5O. The molecule has 0 bridgehead atoms. The van der Waals surface area contributed by atoms with E-state index in [2.05, 4.69) is 15.1 Å². The van der Waals surface area contributed by atoms with Gasteiger partial charge in [-0.05, 0) is 25.0 Å². The molecule has 2 aromatic heterocycles. The van der Waals surface area contributed by atoms with Crippen molar-refractivity contribution in [1.29, 1.82) is 0 Å². The maximum Gasteiger partial charge on any atom is 0.433 e. The fraction of sp³-hybridized carbons (Fsp3) is 0.467. The van der Waals surface area contributed by atoms with Crippen LogP contribution in [0.4, 0.5) is 13.2 Å². The van der Waals surface area contributed by atoms with Crippen LogP contribution >= 0.6 is 0 Å². The van der Waals surface area contributed by atoms with Gasteiger partial charge in [-0.2, -0.15) is 18.3 Å². The quantitative estimate of drug-likeness (QED) is 0.854. The number of likely N-dealkylation sites (tertiary alicyclic amines) is 1. The van der Waals surface area contributed by atoms with Crippen LogP contribution in [-0.2, 0) is 23.9 Å². The predicted molar refractivity (Wildman–Crippen MR) is 77.7 cm³/mol. The molecule has 9 heteroatoms. The van der Waals surface area contributed by atoms with Crippen LogP contribution in [0.15, 0.2) is 30.9 Å². The molecule has 128 valence electrons. The van der Waals surface area contributed by atoms with E-state index in [0.29, 0.717) is 13.1 Å². The second kappa shape index (κ2) is 6.58. The van der Waals surface area contributed by atoms with Gasteiger partial charge in [0, 0.05) is 6.54 Å². The Labute approximate surface area is 136 Å². The summed E-state index contributed by atoms with van der Waals surface area (Å²) in [5, 5.41) is 4.03. The van der Waals surface area contributed by atoms with Crippen molar-refractivity contribution >= 4 is 5.91 Å². The number of amides is 1. The summed E-state index contributed by atoms with van der Waals surface area (Å²) in [7, 11) is 0. The fourth-order valence-electron chi connectivity index (χ4n) is 2.89. The molecular weight excluding hydrogens is 323 g/mol. The van der Waals surface area contributed by atoms with Gasteiger partial charge < -0.3 is 4.90 Å². The lowest BCUT2D eigenvalue weighted by atomic mass is 10.2. The van der Waals surface area contributed by atoms with E-state index in [9.17, 15) is 18.0 Å². The molecule has 0 N–H and O–H groups in total. The Hall–Kier alpha value is -2.45. The van der Waals surface area contributed by atoms with Crippen molar-refractivity contribution in [3.05, 3.63) is 42.2 Å². The molecule has 0 unspecified atom stereocenters. The van der Waals surface area contributed by atoms with E-state index in [1.807, 2.05) is 0 Å². The van der Waals surface area contributed by atoms with Crippen molar-refractivity contribution in [3.8, 4) is 0 Å². The Morgan fingerprint density at radius 2 is 2.17 bits per heavy atom. The normalized spacial score (nSPS) is 18.1. The zero-order valence-electron chi connectivity index (χ0n) is 12.8. The first-order valence-electron chi connectivity index (χ1n) is 7.58. The molecule has 0 radical (unpaired) electrons. The van der Waals surface area contributed by atoms with Crippen molar-refractivity contribution in [2.24, 2.45) is 0 Å². The van der Waals surface area contributed by atoms with E-state index in [1.165, 1.54) is 18.5 Å². The Morgan fingerprint density at radius 3 is 2.88 bits per heavy atom. The minimum atomic E-state index is -4.51. The van der Waals surface area contributed by atoms with Gasteiger partial charge in [-0.1, -0.05) is 6.07 Å². The molecule has 6 nitrogen and oxygen atoms in total. The summed E-state index contributed by atoms with van der Waals surface area (Å²) in [5.74, 6) is -0.218. The summed E-state index contributed by atoms with van der Waals surface area (Å²) in [6, 6.07) is 3.59. The van der Waals surface area contributed by atoms with Crippen LogP contribution in [0.1, 0.15) is 24.2 Å². The number of rotatable bonds is 4. The maximum absolute atomic E-state index is 12.7. The standard InChI is InChI=1S/C15H16F3N5O/c16-15(17,18)13-5-1-3-11(21-13)7-14(24)23-6-2-4-12(23)8-22-10-19-9-20-22/h1,3,5,9-10,12H,2,4,6-8H2/t12-/m1/s1. The zero-order chi connectivity index (χ0) is 17.2. The van der Waals surface area contributed by atoms with Crippen molar-refractivity contribution in [2.45, 2.75) is 38.0 Å². The SMILES string of the molecule is O=C(Cc1cccc(C(F)(F)F)n1)N1CCC[C@@H]1Cn1cncn1. The van der Waals surface area contributed by atoms with Crippen LogP contribution in [0.5, 0.6) is 0 Å². The molecule has 0 saturated carbocycles. The van der Waals surface area contributed by atoms with Crippen molar-refractivity contribution in [3.63, 3.8) is 0 Å². The Bertz CT molecular complexity index is 701. The van der Waals surface area contributed by atoms with Gasteiger partial charge in [-0.3, -0.25) is 9.48 Å². The van der Waals surface area contributed by atoms with Gasteiger partial charge in [0.15, 0.2) is 0 Å². The lowest BCUT2D eigenvalue weighted by molar-refractivity contribution is -0.141. The van der Waals surface area contributed by atoms with Gasteiger partial charge in [-0.25, -0.2) is 9.97 Å². The first kappa shape index (κ1) is 16.4. The molecule has 1 aliphatic heterocycles.